The van der Waals surface area contributed by atoms with Crippen molar-refractivity contribution in [3.63, 3.8) is 0 Å². The molecule has 19 heavy (non-hydrogen) atoms. The van der Waals surface area contributed by atoms with E-state index in [2.05, 4.69) is 25.9 Å². The third-order valence-corrected chi connectivity index (χ3v) is 4.02. The van der Waals surface area contributed by atoms with Gasteiger partial charge >= 0.3 is 0 Å². The Labute approximate surface area is 121 Å². The van der Waals surface area contributed by atoms with E-state index >= 15 is 0 Å². The molecule has 1 rings (SSSR count). The predicted molar refractivity (Wildman–Crippen MR) is 77.2 cm³/mol. The number of methoxy groups -OCH3 is 1. The van der Waals surface area contributed by atoms with E-state index in [1.807, 2.05) is 20.8 Å². The van der Waals surface area contributed by atoms with E-state index in [0.717, 1.165) is 12.8 Å². The summed E-state index contributed by atoms with van der Waals surface area (Å²) in [6.07, 6.45) is 1.49. The van der Waals surface area contributed by atoms with Crippen molar-refractivity contribution in [1.29, 1.82) is 0 Å². The van der Waals surface area contributed by atoms with Crippen LogP contribution in [-0.2, 0) is 21.7 Å². The third kappa shape index (κ3) is 3.43. The Bertz CT molecular complexity index is 469. The standard InChI is InChI=1S/C13H21BrN2O3/c1-5-13(6-2,19-7-3)12-15-9(8-18-4)10(14)11(17)16-12/h5-8H2,1-4H3,(H,15,16,17). The summed E-state index contributed by atoms with van der Waals surface area (Å²) in [6.45, 7) is 6.84. The van der Waals surface area contributed by atoms with Crippen molar-refractivity contribution in [2.24, 2.45) is 0 Å². The summed E-state index contributed by atoms with van der Waals surface area (Å²) in [4.78, 5) is 19.3. The zero-order chi connectivity index (χ0) is 14.5. The van der Waals surface area contributed by atoms with Gasteiger partial charge in [0.15, 0.2) is 0 Å². The average Bonchev–Trinajstić information content (AvgIpc) is 2.41. The Morgan fingerprint density at radius 3 is 2.42 bits per heavy atom. The second-order valence-electron chi connectivity index (χ2n) is 4.24. The molecule has 0 fully saturated rings. The van der Waals surface area contributed by atoms with Gasteiger partial charge in [0.25, 0.3) is 5.56 Å². The van der Waals surface area contributed by atoms with Gasteiger partial charge in [0.1, 0.15) is 15.9 Å². The normalized spacial score (nSPS) is 11.8. The summed E-state index contributed by atoms with van der Waals surface area (Å²) < 4.78 is 11.3. The first-order chi connectivity index (χ1) is 9.04. The summed E-state index contributed by atoms with van der Waals surface area (Å²) in [5.41, 5.74) is -0.160. The molecule has 0 aliphatic carbocycles. The van der Waals surface area contributed by atoms with Crippen LogP contribution in [0.25, 0.3) is 0 Å². The number of hydrogen-bond acceptors (Lipinski definition) is 4. The minimum Gasteiger partial charge on any atom is -0.378 e. The second-order valence-corrected chi connectivity index (χ2v) is 5.04. The fourth-order valence-corrected chi connectivity index (χ4v) is 2.39. The van der Waals surface area contributed by atoms with Crippen LogP contribution in [0.4, 0.5) is 0 Å². The van der Waals surface area contributed by atoms with Gasteiger partial charge in [0, 0.05) is 13.7 Å². The molecule has 1 N–H and O–H groups in total. The number of halogens is 1. The highest BCUT2D eigenvalue weighted by Gasteiger charge is 2.32. The van der Waals surface area contributed by atoms with Crippen molar-refractivity contribution in [3.05, 3.63) is 26.3 Å². The molecule has 0 saturated carbocycles. The third-order valence-electron chi connectivity index (χ3n) is 3.21. The summed E-state index contributed by atoms with van der Waals surface area (Å²) in [5.74, 6) is 0.569. The minimum atomic E-state index is -0.545. The number of H-pyrrole nitrogens is 1. The maximum Gasteiger partial charge on any atom is 0.265 e. The quantitative estimate of drug-likeness (QED) is 0.833. The number of nitrogens with one attached hydrogen (secondary N) is 1. The molecule has 0 bridgehead atoms. The van der Waals surface area contributed by atoms with Crippen LogP contribution in [0.1, 0.15) is 45.1 Å². The molecule has 0 radical (unpaired) electrons. The van der Waals surface area contributed by atoms with Crippen molar-refractivity contribution < 1.29 is 9.47 Å². The van der Waals surface area contributed by atoms with Crippen molar-refractivity contribution in [3.8, 4) is 0 Å². The lowest BCUT2D eigenvalue weighted by atomic mass is 9.95. The zero-order valence-electron chi connectivity index (χ0n) is 11.9. The van der Waals surface area contributed by atoms with Crippen LogP contribution >= 0.6 is 15.9 Å². The lowest BCUT2D eigenvalue weighted by Gasteiger charge is -2.30. The van der Waals surface area contributed by atoms with E-state index in [1.165, 1.54) is 0 Å². The molecule has 1 heterocycles. The molecule has 0 atom stereocenters. The van der Waals surface area contributed by atoms with Gasteiger partial charge < -0.3 is 14.5 Å². The van der Waals surface area contributed by atoms with E-state index in [4.69, 9.17) is 9.47 Å². The fraction of sp³-hybridized carbons (Fsp3) is 0.692. The maximum atomic E-state index is 12.0. The number of rotatable bonds is 7. The maximum absolute atomic E-state index is 12.0. The van der Waals surface area contributed by atoms with Crippen LogP contribution < -0.4 is 5.56 Å². The molecule has 6 heteroatoms. The number of aromatic nitrogens is 2. The molecule has 0 aromatic carbocycles. The number of ether oxygens (including phenoxy) is 2. The Morgan fingerprint density at radius 1 is 1.32 bits per heavy atom. The summed E-state index contributed by atoms with van der Waals surface area (Å²) in [7, 11) is 1.57. The first kappa shape index (κ1) is 16.3. The van der Waals surface area contributed by atoms with E-state index in [1.54, 1.807) is 7.11 Å². The van der Waals surface area contributed by atoms with Crippen LogP contribution in [0.2, 0.25) is 0 Å². The zero-order valence-corrected chi connectivity index (χ0v) is 13.5. The SMILES string of the molecule is CCOC(CC)(CC)c1nc(COC)c(Br)c(=O)[nH]1. The van der Waals surface area contributed by atoms with Gasteiger partial charge in [-0.2, -0.15) is 0 Å². The van der Waals surface area contributed by atoms with Crippen LogP contribution in [0.15, 0.2) is 9.27 Å². The van der Waals surface area contributed by atoms with E-state index in [9.17, 15) is 4.79 Å². The molecular formula is C13H21BrN2O3. The summed E-state index contributed by atoms with van der Waals surface area (Å²) >= 11 is 3.24. The fourth-order valence-electron chi connectivity index (χ4n) is 2.09. The van der Waals surface area contributed by atoms with Crippen LogP contribution in [0, 0.1) is 0 Å². The molecule has 1 aromatic heterocycles. The summed E-state index contributed by atoms with van der Waals surface area (Å²) in [5, 5.41) is 0. The van der Waals surface area contributed by atoms with Gasteiger partial charge in [0.2, 0.25) is 0 Å². The highest BCUT2D eigenvalue weighted by molar-refractivity contribution is 9.10. The van der Waals surface area contributed by atoms with Crippen LogP contribution in [0.3, 0.4) is 0 Å². The molecule has 108 valence electrons. The van der Waals surface area contributed by atoms with E-state index < -0.39 is 5.60 Å². The highest BCUT2D eigenvalue weighted by Crippen LogP contribution is 2.30. The van der Waals surface area contributed by atoms with Gasteiger partial charge in [-0.1, -0.05) is 13.8 Å². The van der Waals surface area contributed by atoms with Crippen LogP contribution in [0.5, 0.6) is 0 Å². The second kappa shape index (κ2) is 7.17. The Balaban J connectivity index is 3.35. The van der Waals surface area contributed by atoms with Gasteiger partial charge in [-0.05, 0) is 35.7 Å². The van der Waals surface area contributed by atoms with Crippen molar-refractivity contribution in [2.75, 3.05) is 13.7 Å². The van der Waals surface area contributed by atoms with Crippen LogP contribution in [-0.4, -0.2) is 23.7 Å². The Hall–Kier alpha value is -0.720. The first-order valence-electron chi connectivity index (χ1n) is 6.46. The number of hydrogen-bond donors (Lipinski definition) is 1. The van der Waals surface area contributed by atoms with Gasteiger partial charge in [-0.3, -0.25) is 4.79 Å². The topological polar surface area (TPSA) is 64.2 Å². The summed E-state index contributed by atoms with van der Waals surface area (Å²) in [6, 6.07) is 0. The van der Waals surface area contributed by atoms with E-state index in [0.29, 0.717) is 22.6 Å². The molecule has 0 aliphatic heterocycles. The van der Waals surface area contributed by atoms with Gasteiger partial charge in [0.05, 0.1) is 12.3 Å². The van der Waals surface area contributed by atoms with Gasteiger partial charge in [-0.25, -0.2) is 4.98 Å². The largest absolute Gasteiger partial charge is 0.378 e. The number of aromatic amines is 1. The molecule has 0 spiro atoms. The first-order valence-corrected chi connectivity index (χ1v) is 7.26. The highest BCUT2D eigenvalue weighted by atomic mass is 79.9. The lowest BCUT2D eigenvalue weighted by Crippen LogP contribution is -2.34. The minimum absolute atomic E-state index is 0.206. The molecule has 0 unspecified atom stereocenters. The van der Waals surface area contributed by atoms with E-state index in [-0.39, 0.29) is 12.2 Å². The Kier molecular flexibility index (Phi) is 6.16. The molecule has 0 saturated heterocycles. The molecule has 5 nitrogen and oxygen atoms in total. The number of nitrogens with zero attached hydrogens (tertiary/aromatic N) is 1. The Morgan fingerprint density at radius 2 is 1.95 bits per heavy atom. The van der Waals surface area contributed by atoms with Gasteiger partial charge in [-0.15, -0.1) is 0 Å². The molecular weight excluding hydrogens is 312 g/mol. The molecule has 0 aliphatic rings. The van der Waals surface area contributed by atoms with Crippen molar-refractivity contribution in [2.45, 2.75) is 45.8 Å². The average molecular weight is 333 g/mol. The van der Waals surface area contributed by atoms with Crippen molar-refractivity contribution in [1.82, 2.24) is 9.97 Å². The molecule has 0 amide bonds. The van der Waals surface area contributed by atoms with Crippen molar-refractivity contribution >= 4 is 15.9 Å². The lowest BCUT2D eigenvalue weighted by molar-refractivity contribution is -0.0576. The monoisotopic (exact) mass is 332 g/mol. The smallest absolute Gasteiger partial charge is 0.265 e. The predicted octanol–water partition coefficient (Wildman–Crippen LogP) is 2.73. The molecule has 1 aromatic rings.